The number of amides is 1. The number of carbonyl (C=O) groups is 1. The van der Waals surface area contributed by atoms with Crippen LogP contribution in [-0.2, 0) is 0 Å². The van der Waals surface area contributed by atoms with Gasteiger partial charge in [0.1, 0.15) is 11.5 Å². The third-order valence-electron chi connectivity index (χ3n) is 5.38. The van der Waals surface area contributed by atoms with Gasteiger partial charge in [-0.2, -0.15) is 10.5 Å². The second kappa shape index (κ2) is 12.2. The SMILES string of the molecule is Cc1cc(/C=C/C#N)cc(C)c1Oc1cc(Nc2ccc(C#N)cc2)c(N)cc1C(=O)NCCC(F)F. The summed E-state index contributed by atoms with van der Waals surface area (Å²) in [5.41, 5.74) is 10.5. The van der Waals surface area contributed by atoms with E-state index in [-0.39, 0.29) is 23.5 Å². The molecular formula is C28H25F2N5O2. The topological polar surface area (TPSA) is 124 Å². The van der Waals surface area contributed by atoms with Gasteiger partial charge in [0.05, 0.1) is 34.6 Å². The number of rotatable bonds is 9. The number of nitrogen functional groups attached to an aromatic ring is 1. The van der Waals surface area contributed by atoms with Crippen LogP contribution in [0, 0.1) is 36.5 Å². The maximum absolute atomic E-state index is 12.9. The van der Waals surface area contributed by atoms with Gasteiger partial charge in [0.2, 0.25) is 6.43 Å². The van der Waals surface area contributed by atoms with Crippen molar-refractivity contribution in [1.29, 1.82) is 10.5 Å². The Morgan fingerprint density at radius 3 is 2.38 bits per heavy atom. The second-order valence-corrected chi connectivity index (χ2v) is 8.23. The summed E-state index contributed by atoms with van der Waals surface area (Å²) < 4.78 is 31.4. The smallest absolute Gasteiger partial charge is 0.255 e. The second-order valence-electron chi connectivity index (χ2n) is 8.23. The predicted octanol–water partition coefficient (Wildman–Crippen LogP) is 6.22. The summed E-state index contributed by atoms with van der Waals surface area (Å²) in [6.45, 7) is 3.46. The third-order valence-corrected chi connectivity index (χ3v) is 5.38. The number of alkyl halides is 2. The van der Waals surface area contributed by atoms with E-state index in [0.29, 0.717) is 22.7 Å². The van der Waals surface area contributed by atoms with E-state index in [1.54, 1.807) is 36.4 Å². The Bertz CT molecular complexity index is 1380. The van der Waals surface area contributed by atoms with Crippen LogP contribution in [0.25, 0.3) is 6.08 Å². The largest absolute Gasteiger partial charge is 0.456 e. The molecule has 7 nitrogen and oxygen atoms in total. The van der Waals surface area contributed by atoms with Crippen molar-refractivity contribution in [3.8, 4) is 23.6 Å². The molecule has 3 rings (SSSR count). The van der Waals surface area contributed by atoms with Gasteiger partial charge in [-0.3, -0.25) is 4.79 Å². The first kappa shape index (κ1) is 26.7. The highest BCUT2D eigenvalue weighted by Crippen LogP contribution is 2.37. The van der Waals surface area contributed by atoms with E-state index in [1.807, 2.05) is 32.0 Å². The fraction of sp³-hybridized carbons (Fsp3) is 0.179. The predicted molar refractivity (Wildman–Crippen MR) is 139 cm³/mol. The molecule has 0 bridgehead atoms. The normalized spacial score (nSPS) is 10.7. The number of carbonyl (C=O) groups excluding carboxylic acids is 1. The maximum Gasteiger partial charge on any atom is 0.255 e. The van der Waals surface area contributed by atoms with Gasteiger partial charge in [-0.25, -0.2) is 8.78 Å². The molecule has 0 aliphatic carbocycles. The Hall–Kier alpha value is -4.89. The van der Waals surface area contributed by atoms with Gasteiger partial charge in [0, 0.05) is 30.8 Å². The number of allylic oxidation sites excluding steroid dienone is 1. The Balaban J connectivity index is 2.01. The van der Waals surface area contributed by atoms with Gasteiger partial charge in [-0.1, -0.05) is 0 Å². The monoisotopic (exact) mass is 501 g/mol. The van der Waals surface area contributed by atoms with Crippen molar-refractivity contribution in [3.05, 3.63) is 82.4 Å². The highest BCUT2D eigenvalue weighted by Gasteiger charge is 2.19. The molecule has 0 heterocycles. The zero-order valence-electron chi connectivity index (χ0n) is 20.3. The van der Waals surface area contributed by atoms with Gasteiger partial charge in [0.25, 0.3) is 5.91 Å². The lowest BCUT2D eigenvalue weighted by atomic mass is 10.0. The van der Waals surface area contributed by atoms with Crippen LogP contribution in [0.15, 0.2) is 54.6 Å². The molecule has 37 heavy (non-hydrogen) atoms. The lowest BCUT2D eigenvalue weighted by Gasteiger charge is -2.19. The van der Waals surface area contributed by atoms with Crippen LogP contribution in [-0.4, -0.2) is 18.9 Å². The molecule has 0 fully saturated rings. The molecule has 188 valence electrons. The lowest BCUT2D eigenvalue weighted by molar-refractivity contribution is 0.0932. The standard InChI is InChI=1S/C28H25F2N5O2/c1-17-12-20(4-3-10-31)13-18(2)27(17)37-25-15-24(35-21-7-5-19(16-32)6-8-21)23(33)14-22(25)28(36)34-11-9-26(29)30/h3-8,12-15,26,35H,9,11,33H2,1-2H3,(H,34,36)/b4-3+. The maximum atomic E-state index is 12.9. The van der Waals surface area contributed by atoms with Crippen molar-refractivity contribution >= 4 is 29.0 Å². The Labute approximate surface area is 213 Å². The van der Waals surface area contributed by atoms with Gasteiger partial charge in [-0.15, -0.1) is 0 Å². The minimum Gasteiger partial charge on any atom is -0.456 e. The number of hydrogen-bond acceptors (Lipinski definition) is 6. The summed E-state index contributed by atoms with van der Waals surface area (Å²) in [5, 5.41) is 23.4. The van der Waals surface area contributed by atoms with Crippen LogP contribution < -0.4 is 21.1 Å². The first-order valence-electron chi connectivity index (χ1n) is 11.3. The van der Waals surface area contributed by atoms with Crippen molar-refractivity contribution in [2.24, 2.45) is 0 Å². The summed E-state index contributed by atoms with van der Waals surface area (Å²) in [6.07, 6.45) is 0.0246. The molecule has 0 aliphatic rings. The van der Waals surface area contributed by atoms with Crippen LogP contribution in [0.3, 0.4) is 0 Å². The summed E-state index contributed by atoms with van der Waals surface area (Å²) in [7, 11) is 0. The molecule has 3 aromatic carbocycles. The number of benzene rings is 3. The number of anilines is 3. The number of nitrogens with two attached hydrogens (primary N) is 1. The number of nitrogens with zero attached hydrogens (tertiary/aromatic N) is 2. The molecule has 0 atom stereocenters. The molecule has 0 spiro atoms. The van der Waals surface area contributed by atoms with Crippen molar-refractivity contribution in [2.75, 3.05) is 17.6 Å². The number of hydrogen-bond donors (Lipinski definition) is 3. The number of nitrogens with one attached hydrogen (secondary N) is 2. The molecule has 0 unspecified atom stereocenters. The minimum atomic E-state index is -2.54. The lowest BCUT2D eigenvalue weighted by Crippen LogP contribution is -2.26. The molecule has 3 aromatic rings. The van der Waals surface area contributed by atoms with E-state index in [4.69, 9.17) is 21.0 Å². The Kier molecular flexibility index (Phi) is 8.80. The highest BCUT2D eigenvalue weighted by molar-refractivity contribution is 5.99. The van der Waals surface area contributed by atoms with Crippen LogP contribution in [0.4, 0.5) is 25.8 Å². The Morgan fingerprint density at radius 2 is 1.78 bits per heavy atom. The average Bonchev–Trinajstić information content (AvgIpc) is 2.86. The van der Waals surface area contributed by atoms with E-state index >= 15 is 0 Å². The fourth-order valence-electron chi connectivity index (χ4n) is 3.62. The van der Waals surface area contributed by atoms with Crippen LogP contribution in [0.2, 0.25) is 0 Å². The highest BCUT2D eigenvalue weighted by atomic mass is 19.3. The number of ether oxygens (including phenoxy) is 1. The zero-order chi connectivity index (χ0) is 26.9. The van der Waals surface area contributed by atoms with Crippen molar-refractivity contribution in [2.45, 2.75) is 26.7 Å². The summed E-state index contributed by atoms with van der Waals surface area (Å²) >= 11 is 0. The van der Waals surface area contributed by atoms with E-state index < -0.39 is 18.8 Å². The van der Waals surface area contributed by atoms with E-state index in [1.165, 1.54) is 12.1 Å². The quantitative estimate of drug-likeness (QED) is 0.236. The van der Waals surface area contributed by atoms with Gasteiger partial charge in [-0.05, 0) is 79.1 Å². The van der Waals surface area contributed by atoms with E-state index in [0.717, 1.165) is 16.7 Å². The molecule has 4 N–H and O–H groups in total. The molecule has 9 heteroatoms. The number of aryl methyl sites for hydroxylation is 2. The van der Waals surface area contributed by atoms with Crippen LogP contribution in [0.1, 0.15) is 39.0 Å². The van der Waals surface area contributed by atoms with Crippen molar-refractivity contribution in [3.63, 3.8) is 0 Å². The summed E-state index contributed by atoms with van der Waals surface area (Å²) in [6, 6.07) is 17.4. The van der Waals surface area contributed by atoms with Gasteiger partial charge in [0.15, 0.2) is 0 Å². The summed E-state index contributed by atoms with van der Waals surface area (Å²) in [4.78, 5) is 12.9. The fourth-order valence-corrected chi connectivity index (χ4v) is 3.62. The molecular weight excluding hydrogens is 476 g/mol. The Morgan fingerprint density at radius 1 is 1.11 bits per heavy atom. The van der Waals surface area contributed by atoms with Crippen LogP contribution in [0.5, 0.6) is 11.5 Å². The number of nitriles is 2. The number of halogens is 2. The van der Waals surface area contributed by atoms with Crippen molar-refractivity contribution in [1.82, 2.24) is 5.32 Å². The zero-order valence-corrected chi connectivity index (χ0v) is 20.3. The molecule has 1 amide bonds. The molecule has 0 saturated heterocycles. The average molecular weight is 502 g/mol. The molecule has 0 radical (unpaired) electrons. The van der Waals surface area contributed by atoms with Crippen molar-refractivity contribution < 1.29 is 18.3 Å². The van der Waals surface area contributed by atoms with E-state index in [2.05, 4.69) is 16.7 Å². The molecule has 0 saturated carbocycles. The minimum absolute atomic E-state index is 0.0874. The van der Waals surface area contributed by atoms with E-state index in [9.17, 15) is 13.6 Å². The molecule has 0 aromatic heterocycles. The first-order chi connectivity index (χ1) is 17.7. The van der Waals surface area contributed by atoms with Gasteiger partial charge < -0.3 is 21.1 Å². The summed E-state index contributed by atoms with van der Waals surface area (Å²) in [5.74, 6) is 0.0763. The first-order valence-corrected chi connectivity index (χ1v) is 11.3. The van der Waals surface area contributed by atoms with Crippen LogP contribution >= 0.6 is 0 Å². The van der Waals surface area contributed by atoms with Gasteiger partial charge >= 0.3 is 0 Å². The third kappa shape index (κ3) is 7.06. The molecule has 0 aliphatic heterocycles.